The Morgan fingerprint density at radius 1 is 1.31 bits per heavy atom. The average Bonchev–Trinajstić information content (AvgIpc) is 2.35. The highest BCUT2D eigenvalue weighted by Crippen LogP contribution is 2.11. The minimum Gasteiger partial charge on any atom is -0.468 e. The number of pyridine rings is 1. The quantitative estimate of drug-likeness (QED) is 0.552. The highest BCUT2D eigenvalue weighted by Gasteiger charge is 2.28. The summed E-state index contributed by atoms with van der Waals surface area (Å²) in [6.45, 7) is 0. The molecule has 0 amide bonds. The Balaban J connectivity index is 2.79. The Morgan fingerprint density at radius 3 is 2.38 bits per heavy atom. The molecule has 0 N–H and O–H groups in total. The molecule has 0 aliphatic rings. The van der Waals surface area contributed by atoms with Gasteiger partial charge in [0, 0.05) is 12.4 Å². The van der Waals surface area contributed by atoms with Crippen LogP contribution in [0, 0.1) is 5.92 Å². The number of esters is 2. The summed E-state index contributed by atoms with van der Waals surface area (Å²) in [5.41, 5.74) is 0.781. The van der Waals surface area contributed by atoms with Gasteiger partial charge < -0.3 is 9.47 Å². The molecule has 86 valence electrons. The fourth-order valence-electron chi connectivity index (χ4n) is 1.30. The molecule has 5 heteroatoms. The smallest absolute Gasteiger partial charge is 0.320 e. The predicted molar refractivity (Wildman–Crippen MR) is 55.5 cm³/mol. The number of aromatic nitrogens is 1. The Bertz CT molecular complexity index is 348. The van der Waals surface area contributed by atoms with Gasteiger partial charge in [-0.05, 0) is 18.1 Å². The van der Waals surface area contributed by atoms with Crippen molar-refractivity contribution in [3.05, 3.63) is 30.1 Å². The maximum absolute atomic E-state index is 11.4. The summed E-state index contributed by atoms with van der Waals surface area (Å²) in [7, 11) is 2.48. The van der Waals surface area contributed by atoms with Crippen molar-refractivity contribution in [2.24, 2.45) is 5.92 Å². The van der Waals surface area contributed by atoms with E-state index in [9.17, 15) is 9.59 Å². The molecular formula is C11H13NO4. The molecule has 1 aromatic rings. The first-order chi connectivity index (χ1) is 7.69. The summed E-state index contributed by atoms with van der Waals surface area (Å²) in [5, 5.41) is 0. The first kappa shape index (κ1) is 12.2. The average molecular weight is 223 g/mol. The van der Waals surface area contributed by atoms with Gasteiger partial charge in [-0.1, -0.05) is 6.07 Å². The largest absolute Gasteiger partial charge is 0.468 e. The van der Waals surface area contributed by atoms with Crippen LogP contribution in [0.4, 0.5) is 0 Å². The number of hydrogen-bond acceptors (Lipinski definition) is 5. The summed E-state index contributed by atoms with van der Waals surface area (Å²) in [4.78, 5) is 26.7. The Kier molecular flexibility index (Phi) is 4.44. The van der Waals surface area contributed by atoms with Crippen molar-refractivity contribution < 1.29 is 19.1 Å². The van der Waals surface area contributed by atoms with Crippen LogP contribution in [0.1, 0.15) is 5.56 Å². The molecule has 0 aromatic carbocycles. The zero-order valence-electron chi connectivity index (χ0n) is 9.17. The van der Waals surface area contributed by atoms with Gasteiger partial charge in [0.2, 0.25) is 0 Å². The minimum absolute atomic E-state index is 0.229. The van der Waals surface area contributed by atoms with E-state index in [1.807, 2.05) is 0 Å². The van der Waals surface area contributed by atoms with Crippen molar-refractivity contribution in [2.45, 2.75) is 6.42 Å². The van der Waals surface area contributed by atoms with Crippen LogP contribution in [0.2, 0.25) is 0 Å². The van der Waals surface area contributed by atoms with Crippen molar-refractivity contribution in [1.29, 1.82) is 0 Å². The molecule has 0 aliphatic carbocycles. The monoisotopic (exact) mass is 223 g/mol. The first-order valence-corrected chi connectivity index (χ1v) is 4.73. The van der Waals surface area contributed by atoms with Gasteiger partial charge in [0.25, 0.3) is 0 Å². The van der Waals surface area contributed by atoms with Crippen LogP contribution >= 0.6 is 0 Å². The third kappa shape index (κ3) is 3.05. The number of rotatable bonds is 4. The summed E-state index contributed by atoms with van der Waals surface area (Å²) < 4.78 is 9.09. The van der Waals surface area contributed by atoms with Gasteiger partial charge in [-0.3, -0.25) is 14.6 Å². The molecule has 0 aliphatic heterocycles. The van der Waals surface area contributed by atoms with E-state index in [1.165, 1.54) is 14.2 Å². The fourth-order valence-corrected chi connectivity index (χ4v) is 1.30. The predicted octanol–water partition coefficient (Wildman–Crippen LogP) is 0.586. The number of methoxy groups -OCH3 is 2. The summed E-state index contributed by atoms with van der Waals surface area (Å²) in [6.07, 6.45) is 3.45. The van der Waals surface area contributed by atoms with Crippen molar-refractivity contribution in [3.63, 3.8) is 0 Å². The van der Waals surface area contributed by atoms with E-state index in [0.29, 0.717) is 0 Å². The molecule has 1 aromatic heterocycles. The van der Waals surface area contributed by atoms with E-state index in [0.717, 1.165) is 5.56 Å². The van der Waals surface area contributed by atoms with E-state index >= 15 is 0 Å². The van der Waals surface area contributed by atoms with Gasteiger partial charge in [-0.25, -0.2) is 0 Å². The standard InChI is InChI=1S/C11H13NO4/c1-15-10(13)9(11(14)16-2)6-8-4-3-5-12-7-8/h3-5,7,9H,6H2,1-2H3. The Morgan fingerprint density at radius 2 is 1.94 bits per heavy atom. The van der Waals surface area contributed by atoms with Crippen molar-refractivity contribution in [1.82, 2.24) is 4.98 Å². The van der Waals surface area contributed by atoms with Crippen molar-refractivity contribution >= 4 is 11.9 Å². The molecule has 0 atom stereocenters. The third-order valence-electron chi connectivity index (χ3n) is 2.13. The molecule has 0 unspecified atom stereocenters. The molecule has 0 spiro atoms. The molecule has 0 saturated carbocycles. The van der Waals surface area contributed by atoms with Crippen LogP contribution in [0.15, 0.2) is 24.5 Å². The Labute approximate surface area is 93.4 Å². The topological polar surface area (TPSA) is 65.5 Å². The maximum Gasteiger partial charge on any atom is 0.320 e. The van der Waals surface area contributed by atoms with Crippen LogP contribution in [-0.2, 0) is 25.5 Å². The highest BCUT2D eigenvalue weighted by atomic mass is 16.5. The second-order valence-corrected chi connectivity index (χ2v) is 3.16. The van der Waals surface area contributed by atoms with E-state index in [4.69, 9.17) is 0 Å². The maximum atomic E-state index is 11.4. The van der Waals surface area contributed by atoms with E-state index < -0.39 is 17.9 Å². The lowest BCUT2D eigenvalue weighted by molar-refractivity contribution is -0.158. The van der Waals surface area contributed by atoms with Crippen LogP contribution in [0.25, 0.3) is 0 Å². The normalized spacial score (nSPS) is 9.94. The highest BCUT2D eigenvalue weighted by molar-refractivity contribution is 5.95. The fraction of sp³-hybridized carbons (Fsp3) is 0.364. The number of hydrogen-bond donors (Lipinski definition) is 0. The SMILES string of the molecule is COC(=O)C(Cc1cccnc1)C(=O)OC. The van der Waals surface area contributed by atoms with Crippen LogP contribution in [-0.4, -0.2) is 31.1 Å². The lowest BCUT2D eigenvalue weighted by Gasteiger charge is -2.11. The molecule has 1 heterocycles. The second kappa shape index (κ2) is 5.85. The number of carbonyl (C=O) groups excluding carboxylic acids is 2. The van der Waals surface area contributed by atoms with Gasteiger partial charge in [-0.2, -0.15) is 0 Å². The van der Waals surface area contributed by atoms with Crippen LogP contribution in [0.3, 0.4) is 0 Å². The first-order valence-electron chi connectivity index (χ1n) is 4.73. The molecule has 0 radical (unpaired) electrons. The molecule has 1 rings (SSSR count). The van der Waals surface area contributed by atoms with E-state index in [2.05, 4.69) is 14.5 Å². The lowest BCUT2D eigenvalue weighted by Crippen LogP contribution is -2.28. The summed E-state index contributed by atoms with van der Waals surface area (Å²) in [5.74, 6) is -2.13. The molecular weight excluding hydrogens is 210 g/mol. The zero-order valence-corrected chi connectivity index (χ0v) is 9.17. The van der Waals surface area contributed by atoms with E-state index in [-0.39, 0.29) is 6.42 Å². The van der Waals surface area contributed by atoms with Crippen molar-refractivity contribution in [3.8, 4) is 0 Å². The number of ether oxygens (including phenoxy) is 2. The van der Waals surface area contributed by atoms with Gasteiger partial charge in [0.1, 0.15) is 0 Å². The lowest BCUT2D eigenvalue weighted by atomic mass is 10.0. The molecule has 16 heavy (non-hydrogen) atoms. The molecule has 0 bridgehead atoms. The van der Waals surface area contributed by atoms with Crippen LogP contribution < -0.4 is 0 Å². The van der Waals surface area contributed by atoms with Crippen LogP contribution in [0.5, 0.6) is 0 Å². The Hall–Kier alpha value is -1.91. The molecule has 5 nitrogen and oxygen atoms in total. The van der Waals surface area contributed by atoms with Crippen molar-refractivity contribution in [2.75, 3.05) is 14.2 Å². The third-order valence-corrected chi connectivity index (χ3v) is 2.13. The number of nitrogens with zero attached hydrogens (tertiary/aromatic N) is 1. The molecule has 0 saturated heterocycles. The number of carbonyl (C=O) groups is 2. The van der Waals surface area contributed by atoms with E-state index in [1.54, 1.807) is 24.5 Å². The minimum atomic E-state index is -0.931. The summed E-state index contributed by atoms with van der Waals surface area (Å²) >= 11 is 0. The van der Waals surface area contributed by atoms with Gasteiger partial charge >= 0.3 is 11.9 Å². The van der Waals surface area contributed by atoms with Gasteiger partial charge in [-0.15, -0.1) is 0 Å². The molecule has 0 fully saturated rings. The zero-order chi connectivity index (χ0) is 12.0. The summed E-state index contributed by atoms with van der Waals surface area (Å²) in [6, 6.07) is 3.52. The van der Waals surface area contributed by atoms with Gasteiger partial charge in [0.15, 0.2) is 5.92 Å². The second-order valence-electron chi connectivity index (χ2n) is 3.16. The van der Waals surface area contributed by atoms with Gasteiger partial charge in [0.05, 0.1) is 14.2 Å².